The Hall–Kier alpha value is -2.78. The van der Waals surface area contributed by atoms with E-state index in [2.05, 4.69) is 0 Å². The van der Waals surface area contributed by atoms with Crippen molar-refractivity contribution in [2.45, 2.75) is 65.5 Å². The van der Waals surface area contributed by atoms with E-state index in [-0.39, 0.29) is 24.2 Å². The minimum atomic E-state index is -0.684. The fourth-order valence-corrected chi connectivity index (χ4v) is 5.94. The molecule has 204 valence electrons. The predicted octanol–water partition coefficient (Wildman–Crippen LogP) is 5.45. The Kier molecular flexibility index (Phi) is 8.57. The van der Waals surface area contributed by atoms with E-state index in [1.54, 1.807) is 30.9 Å². The summed E-state index contributed by atoms with van der Waals surface area (Å²) in [5.74, 6) is -1.09. The van der Waals surface area contributed by atoms with Gasteiger partial charge in [-0.05, 0) is 70.6 Å². The van der Waals surface area contributed by atoms with Gasteiger partial charge in [-0.2, -0.15) is 0 Å². The molecule has 10 heteroatoms. The summed E-state index contributed by atoms with van der Waals surface area (Å²) in [6.45, 7) is 10.3. The number of piperidine rings is 1. The van der Waals surface area contributed by atoms with Crippen LogP contribution in [0.5, 0.6) is 0 Å². The van der Waals surface area contributed by atoms with Gasteiger partial charge in [0.15, 0.2) is 5.17 Å². The van der Waals surface area contributed by atoms with Crippen molar-refractivity contribution in [1.82, 2.24) is 9.80 Å². The molecule has 0 N–H and O–H groups in total. The lowest BCUT2D eigenvalue weighted by Crippen LogP contribution is -2.44. The largest absolute Gasteiger partial charge is 0.466 e. The van der Waals surface area contributed by atoms with E-state index in [0.29, 0.717) is 47.6 Å². The molecule has 3 aliphatic rings. The maximum absolute atomic E-state index is 13.4. The number of amides is 1. The maximum atomic E-state index is 13.4. The van der Waals surface area contributed by atoms with Crippen LogP contribution in [0.25, 0.3) is 0 Å². The smallest absolute Gasteiger partial charge is 0.338 e. The molecule has 1 fully saturated rings. The minimum absolute atomic E-state index is 0.0768. The number of halogens is 1. The highest BCUT2D eigenvalue weighted by Crippen LogP contribution is 2.45. The number of carbonyl (C=O) groups excluding carboxylic acids is 3. The standard InChI is InChI=1S/C28H34ClN3O5S/c1-6-36-25(34)19-8-7-13-31(15-19)22(33)14-21-16-38-27-30-17(2)23(26(35)37-28(3,4)5)24(32(21)27)18-9-11-20(29)12-10-18/h9-12,16,19,24H,6-8,13-15H2,1-5H3. The van der Waals surface area contributed by atoms with Gasteiger partial charge < -0.3 is 19.3 Å². The number of aliphatic imine (C=N–C) groups is 1. The van der Waals surface area contributed by atoms with Gasteiger partial charge in [-0.3, -0.25) is 9.59 Å². The molecule has 2 atom stereocenters. The third-order valence-corrected chi connectivity index (χ3v) is 7.67. The monoisotopic (exact) mass is 559 g/mol. The van der Waals surface area contributed by atoms with E-state index in [1.165, 1.54) is 11.8 Å². The molecule has 0 aromatic heterocycles. The molecule has 3 heterocycles. The Labute approximate surface area is 233 Å². The second kappa shape index (κ2) is 11.5. The van der Waals surface area contributed by atoms with E-state index in [1.807, 2.05) is 43.2 Å². The average molecular weight is 560 g/mol. The zero-order valence-corrected chi connectivity index (χ0v) is 24.0. The lowest BCUT2D eigenvalue weighted by Gasteiger charge is -2.38. The van der Waals surface area contributed by atoms with Crippen LogP contribution >= 0.6 is 23.4 Å². The van der Waals surface area contributed by atoms with Gasteiger partial charge >= 0.3 is 11.9 Å². The van der Waals surface area contributed by atoms with Crippen molar-refractivity contribution in [1.29, 1.82) is 0 Å². The second-order valence-corrected chi connectivity index (χ2v) is 11.8. The highest BCUT2D eigenvalue weighted by atomic mass is 35.5. The number of nitrogens with zero attached hydrogens (tertiary/aromatic N) is 3. The van der Waals surface area contributed by atoms with Gasteiger partial charge in [0.2, 0.25) is 5.91 Å². The van der Waals surface area contributed by atoms with Crippen molar-refractivity contribution in [3.05, 3.63) is 57.2 Å². The molecule has 1 aromatic carbocycles. The number of hydrogen-bond acceptors (Lipinski definition) is 8. The summed E-state index contributed by atoms with van der Waals surface area (Å²) in [6, 6.07) is 6.80. The molecule has 1 aromatic rings. The van der Waals surface area contributed by atoms with Crippen LogP contribution in [0.1, 0.15) is 65.5 Å². The topological polar surface area (TPSA) is 88.5 Å². The van der Waals surface area contributed by atoms with E-state index < -0.39 is 17.6 Å². The molecule has 1 saturated heterocycles. The summed E-state index contributed by atoms with van der Waals surface area (Å²) in [5.41, 5.74) is 1.89. The first-order valence-electron chi connectivity index (χ1n) is 12.9. The molecular formula is C28H34ClN3O5S. The number of fused-ring (bicyclic) bond motifs is 1. The summed E-state index contributed by atoms with van der Waals surface area (Å²) in [7, 11) is 0. The van der Waals surface area contributed by atoms with Crippen LogP contribution in [0, 0.1) is 5.92 Å². The Bertz CT molecular complexity index is 1200. The number of allylic oxidation sites excluding steroid dienone is 1. The van der Waals surface area contributed by atoms with Crippen LogP contribution in [0.3, 0.4) is 0 Å². The number of benzene rings is 1. The number of thioether (sulfide) groups is 1. The Balaban J connectivity index is 1.62. The van der Waals surface area contributed by atoms with Gasteiger partial charge in [-0.15, -0.1) is 0 Å². The van der Waals surface area contributed by atoms with Gasteiger partial charge in [-0.25, -0.2) is 9.79 Å². The summed E-state index contributed by atoms with van der Waals surface area (Å²) in [4.78, 5) is 47.6. The maximum Gasteiger partial charge on any atom is 0.338 e. The Morgan fingerprint density at radius 3 is 2.55 bits per heavy atom. The van der Waals surface area contributed by atoms with Crippen LogP contribution < -0.4 is 0 Å². The molecule has 0 spiro atoms. The van der Waals surface area contributed by atoms with Crippen LogP contribution in [-0.4, -0.2) is 58.1 Å². The second-order valence-electron chi connectivity index (χ2n) is 10.6. The van der Waals surface area contributed by atoms with Crippen LogP contribution in [0.15, 0.2) is 51.6 Å². The van der Waals surface area contributed by atoms with Crippen LogP contribution in [-0.2, 0) is 23.9 Å². The van der Waals surface area contributed by atoms with Crippen molar-refractivity contribution >= 4 is 46.4 Å². The lowest BCUT2D eigenvalue weighted by molar-refractivity contribution is -0.152. The molecule has 3 aliphatic heterocycles. The lowest BCUT2D eigenvalue weighted by atomic mass is 9.93. The highest BCUT2D eigenvalue weighted by molar-refractivity contribution is 8.16. The van der Waals surface area contributed by atoms with Crippen LogP contribution in [0.2, 0.25) is 5.02 Å². The summed E-state index contributed by atoms with van der Waals surface area (Å²) in [5, 5.41) is 3.19. The minimum Gasteiger partial charge on any atom is -0.466 e. The molecule has 38 heavy (non-hydrogen) atoms. The first kappa shape index (κ1) is 28.2. The normalized spacial score (nSPS) is 21.5. The molecule has 0 radical (unpaired) electrons. The molecule has 4 rings (SSSR count). The molecular weight excluding hydrogens is 526 g/mol. The van der Waals surface area contributed by atoms with Crippen molar-refractivity contribution in [3.63, 3.8) is 0 Å². The first-order valence-corrected chi connectivity index (χ1v) is 14.1. The average Bonchev–Trinajstić information content (AvgIpc) is 3.24. The number of carbonyl (C=O) groups is 3. The summed E-state index contributed by atoms with van der Waals surface area (Å²) >= 11 is 7.60. The fraction of sp³-hybridized carbons (Fsp3) is 0.500. The number of likely N-dealkylation sites (tertiary alicyclic amines) is 1. The molecule has 8 nitrogen and oxygen atoms in total. The molecule has 0 bridgehead atoms. The third kappa shape index (κ3) is 6.26. The zero-order chi connectivity index (χ0) is 27.6. The van der Waals surface area contributed by atoms with Crippen molar-refractivity contribution in [2.24, 2.45) is 10.9 Å². The van der Waals surface area contributed by atoms with Gasteiger partial charge in [0.25, 0.3) is 0 Å². The number of esters is 2. The summed E-state index contributed by atoms with van der Waals surface area (Å²) < 4.78 is 11.0. The first-order chi connectivity index (χ1) is 18.0. The van der Waals surface area contributed by atoms with Crippen molar-refractivity contribution < 1.29 is 23.9 Å². The number of rotatable bonds is 6. The van der Waals surface area contributed by atoms with Gasteiger partial charge in [-0.1, -0.05) is 35.5 Å². The summed E-state index contributed by atoms with van der Waals surface area (Å²) in [6.07, 6.45) is 1.58. The van der Waals surface area contributed by atoms with Crippen molar-refractivity contribution in [2.75, 3.05) is 19.7 Å². The molecule has 0 saturated carbocycles. The van der Waals surface area contributed by atoms with Crippen molar-refractivity contribution in [3.8, 4) is 0 Å². The zero-order valence-electron chi connectivity index (χ0n) is 22.5. The fourth-order valence-electron chi connectivity index (χ4n) is 4.85. The van der Waals surface area contributed by atoms with E-state index in [0.717, 1.165) is 17.7 Å². The predicted molar refractivity (Wildman–Crippen MR) is 148 cm³/mol. The van der Waals surface area contributed by atoms with E-state index >= 15 is 0 Å². The number of hydrogen-bond donors (Lipinski definition) is 0. The molecule has 2 unspecified atom stereocenters. The quantitative estimate of drug-likeness (QED) is 0.428. The van der Waals surface area contributed by atoms with E-state index in [9.17, 15) is 14.4 Å². The Morgan fingerprint density at radius 1 is 1.18 bits per heavy atom. The molecule has 1 amide bonds. The number of ether oxygens (including phenoxy) is 2. The highest BCUT2D eigenvalue weighted by Gasteiger charge is 2.42. The SMILES string of the molecule is CCOC(=O)C1CCCN(C(=O)CC2=CSC3=NC(C)=C(C(=O)OC(C)(C)C)C(c4ccc(Cl)cc4)N23)C1. The third-order valence-electron chi connectivity index (χ3n) is 6.53. The van der Waals surface area contributed by atoms with E-state index in [4.69, 9.17) is 26.1 Å². The van der Waals surface area contributed by atoms with Crippen LogP contribution in [0.4, 0.5) is 0 Å². The Morgan fingerprint density at radius 2 is 1.89 bits per heavy atom. The van der Waals surface area contributed by atoms with Gasteiger partial charge in [0.05, 0.1) is 36.3 Å². The molecule has 0 aliphatic carbocycles. The van der Waals surface area contributed by atoms with Gasteiger partial charge in [0, 0.05) is 23.8 Å². The number of amidine groups is 1. The van der Waals surface area contributed by atoms with Gasteiger partial charge in [0.1, 0.15) is 5.60 Å².